The van der Waals surface area contributed by atoms with Crippen LogP contribution in [0.25, 0.3) is 0 Å². The second-order valence-corrected chi connectivity index (χ2v) is 2.46. The lowest BCUT2D eigenvalue weighted by Gasteiger charge is -2.00. The minimum Gasteiger partial charge on any atom is -0.392 e. The molecule has 1 N–H and O–H groups in total. The third-order valence-corrected chi connectivity index (χ3v) is 1.59. The van der Waals surface area contributed by atoms with Crippen LogP contribution in [0.3, 0.4) is 0 Å². The predicted molar refractivity (Wildman–Crippen MR) is 45.0 cm³/mol. The van der Waals surface area contributed by atoms with Gasteiger partial charge in [0.15, 0.2) is 0 Å². The van der Waals surface area contributed by atoms with Crippen molar-refractivity contribution < 1.29 is 5.11 Å². The molecule has 0 heterocycles. The van der Waals surface area contributed by atoms with Crippen molar-refractivity contribution in [2.45, 2.75) is 13.5 Å². The lowest BCUT2D eigenvalue weighted by molar-refractivity contribution is 0.281. The largest absolute Gasteiger partial charge is 0.392 e. The first-order valence-electron chi connectivity index (χ1n) is 3.45. The molecule has 0 spiro atoms. The first kappa shape index (κ1) is 7.84. The maximum atomic E-state index is 8.84. The van der Waals surface area contributed by atoms with Crippen LogP contribution in [-0.4, -0.2) is 5.11 Å². The van der Waals surface area contributed by atoms with E-state index in [4.69, 9.17) is 11.5 Å². The molecule has 0 unspecified atom stereocenters. The fourth-order valence-electron chi connectivity index (χ4n) is 0.963. The summed E-state index contributed by atoms with van der Waals surface area (Å²) in [6, 6.07) is 5.68. The Balaban J connectivity index is 3.19. The van der Waals surface area contributed by atoms with Gasteiger partial charge in [-0.1, -0.05) is 18.1 Å². The summed E-state index contributed by atoms with van der Waals surface area (Å²) in [5.41, 5.74) is 2.72. The number of aliphatic hydroxyl groups excluding tert-OH is 1. The molecule has 1 rings (SSSR count). The zero-order chi connectivity index (χ0) is 8.27. The SMILES string of the molecule is C#Cc1cc(C)ccc1CO. The van der Waals surface area contributed by atoms with Gasteiger partial charge in [-0.3, -0.25) is 0 Å². The fraction of sp³-hybridized carbons (Fsp3) is 0.200. The van der Waals surface area contributed by atoms with Crippen molar-refractivity contribution in [1.29, 1.82) is 0 Å². The first-order chi connectivity index (χ1) is 5.27. The Bertz CT molecular complexity index is 294. The van der Waals surface area contributed by atoms with E-state index in [1.54, 1.807) is 0 Å². The van der Waals surface area contributed by atoms with Crippen molar-refractivity contribution in [3.63, 3.8) is 0 Å². The van der Waals surface area contributed by atoms with Gasteiger partial charge in [0, 0.05) is 5.56 Å². The Kier molecular flexibility index (Phi) is 2.30. The molecular formula is C10H10O. The summed E-state index contributed by atoms with van der Waals surface area (Å²) in [5.74, 6) is 2.53. The highest BCUT2D eigenvalue weighted by Crippen LogP contribution is 2.09. The van der Waals surface area contributed by atoms with Crippen molar-refractivity contribution in [1.82, 2.24) is 0 Å². The molecule has 0 radical (unpaired) electrons. The number of aliphatic hydroxyl groups is 1. The molecule has 0 saturated carbocycles. The molecule has 0 atom stereocenters. The van der Waals surface area contributed by atoms with Crippen LogP contribution >= 0.6 is 0 Å². The van der Waals surface area contributed by atoms with Crippen LogP contribution in [0.15, 0.2) is 18.2 Å². The second-order valence-electron chi connectivity index (χ2n) is 2.46. The molecule has 0 saturated heterocycles. The van der Waals surface area contributed by atoms with Gasteiger partial charge in [-0.2, -0.15) is 0 Å². The molecule has 0 aromatic heterocycles. The lowest BCUT2D eigenvalue weighted by atomic mass is 10.1. The van der Waals surface area contributed by atoms with Crippen molar-refractivity contribution in [3.8, 4) is 12.3 Å². The van der Waals surface area contributed by atoms with E-state index in [0.29, 0.717) is 0 Å². The smallest absolute Gasteiger partial charge is 0.0694 e. The lowest BCUT2D eigenvalue weighted by Crippen LogP contribution is -1.89. The summed E-state index contributed by atoms with van der Waals surface area (Å²) in [6.45, 7) is 1.99. The summed E-state index contributed by atoms with van der Waals surface area (Å²) in [5, 5.41) is 8.84. The Morgan fingerprint density at radius 3 is 2.82 bits per heavy atom. The van der Waals surface area contributed by atoms with E-state index in [9.17, 15) is 0 Å². The van der Waals surface area contributed by atoms with Gasteiger partial charge in [0.1, 0.15) is 0 Å². The van der Waals surface area contributed by atoms with E-state index in [-0.39, 0.29) is 6.61 Å². The van der Waals surface area contributed by atoms with Crippen LogP contribution in [0.4, 0.5) is 0 Å². The highest BCUT2D eigenvalue weighted by Gasteiger charge is 1.96. The zero-order valence-corrected chi connectivity index (χ0v) is 6.46. The third-order valence-electron chi connectivity index (χ3n) is 1.59. The zero-order valence-electron chi connectivity index (χ0n) is 6.46. The number of rotatable bonds is 1. The van der Waals surface area contributed by atoms with Crippen molar-refractivity contribution in [2.24, 2.45) is 0 Å². The number of benzene rings is 1. The average molecular weight is 146 g/mol. The van der Waals surface area contributed by atoms with Gasteiger partial charge in [0.05, 0.1) is 6.61 Å². The highest BCUT2D eigenvalue weighted by molar-refractivity contribution is 5.41. The van der Waals surface area contributed by atoms with Gasteiger partial charge < -0.3 is 5.11 Å². The molecule has 1 nitrogen and oxygen atoms in total. The second kappa shape index (κ2) is 3.23. The maximum Gasteiger partial charge on any atom is 0.0694 e. The standard InChI is InChI=1S/C10H10O/c1-3-9-6-8(2)4-5-10(9)7-11/h1,4-6,11H,7H2,2H3. The van der Waals surface area contributed by atoms with Crippen LogP contribution in [0.5, 0.6) is 0 Å². The van der Waals surface area contributed by atoms with E-state index in [2.05, 4.69) is 5.92 Å². The molecule has 0 bridgehead atoms. The van der Waals surface area contributed by atoms with Crippen molar-refractivity contribution in [2.75, 3.05) is 0 Å². The Morgan fingerprint density at radius 1 is 1.55 bits per heavy atom. The van der Waals surface area contributed by atoms with Crippen molar-refractivity contribution >= 4 is 0 Å². The molecule has 1 aromatic carbocycles. The average Bonchev–Trinajstić information content (AvgIpc) is 2.04. The Hall–Kier alpha value is -1.26. The molecule has 0 fully saturated rings. The van der Waals surface area contributed by atoms with Crippen LogP contribution in [0.1, 0.15) is 16.7 Å². The van der Waals surface area contributed by atoms with E-state index < -0.39 is 0 Å². The summed E-state index contributed by atoms with van der Waals surface area (Å²) < 4.78 is 0. The Labute approximate surface area is 66.7 Å². The molecule has 0 amide bonds. The van der Waals surface area contributed by atoms with Crippen LogP contribution in [-0.2, 0) is 6.61 Å². The van der Waals surface area contributed by atoms with Crippen LogP contribution in [0, 0.1) is 19.3 Å². The number of hydrogen-bond acceptors (Lipinski definition) is 1. The molecule has 0 aliphatic carbocycles. The van der Waals surface area contributed by atoms with Gasteiger partial charge in [0.25, 0.3) is 0 Å². The summed E-state index contributed by atoms with van der Waals surface area (Å²) in [6.07, 6.45) is 5.23. The van der Waals surface area contributed by atoms with Crippen LogP contribution < -0.4 is 0 Å². The molecule has 0 aliphatic rings. The highest BCUT2D eigenvalue weighted by atomic mass is 16.3. The van der Waals surface area contributed by atoms with Gasteiger partial charge in [0.2, 0.25) is 0 Å². The third kappa shape index (κ3) is 1.60. The topological polar surface area (TPSA) is 20.2 Å². The van der Waals surface area contributed by atoms with Gasteiger partial charge in [-0.15, -0.1) is 6.42 Å². The number of aryl methyl sites for hydroxylation is 1. The number of terminal acetylenes is 1. The number of hydrogen-bond donors (Lipinski definition) is 1. The quantitative estimate of drug-likeness (QED) is 0.595. The van der Waals surface area contributed by atoms with Gasteiger partial charge in [-0.25, -0.2) is 0 Å². The van der Waals surface area contributed by atoms with E-state index in [0.717, 1.165) is 16.7 Å². The first-order valence-corrected chi connectivity index (χ1v) is 3.45. The summed E-state index contributed by atoms with van der Waals surface area (Å²) >= 11 is 0. The molecule has 1 heteroatoms. The fourth-order valence-corrected chi connectivity index (χ4v) is 0.963. The van der Waals surface area contributed by atoms with Crippen LogP contribution in [0.2, 0.25) is 0 Å². The molecule has 0 aliphatic heterocycles. The van der Waals surface area contributed by atoms with E-state index in [1.807, 2.05) is 25.1 Å². The Morgan fingerprint density at radius 2 is 2.27 bits per heavy atom. The monoisotopic (exact) mass is 146 g/mol. The minimum absolute atomic E-state index is 0.0137. The normalized spacial score (nSPS) is 9.18. The molecular weight excluding hydrogens is 136 g/mol. The minimum atomic E-state index is 0.0137. The van der Waals surface area contributed by atoms with Gasteiger partial charge in [-0.05, 0) is 24.1 Å². The van der Waals surface area contributed by atoms with E-state index in [1.165, 1.54) is 0 Å². The van der Waals surface area contributed by atoms with E-state index >= 15 is 0 Å². The summed E-state index contributed by atoms with van der Waals surface area (Å²) in [7, 11) is 0. The van der Waals surface area contributed by atoms with Gasteiger partial charge >= 0.3 is 0 Å². The molecule has 11 heavy (non-hydrogen) atoms. The maximum absolute atomic E-state index is 8.84. The molecule has 1 aromatic rings. The molecule has 56 valence electrons. The van der Waals surface area contributed by atoms with Crippen molar-refractivity contribution in [3.05, 3.63) is 34.9 Å². The predicted octanol–water partition coefficient (Wildman–Crippen LogP) is 1.47. The summed E-state index contributed by atoms with van der Waals surface area (Å²) in [4.78, 5) is 0.